The SMILES string of the molecule is OC(CNC1CC2CCC1C2)COCC1CCCO1. The number of nitrogens with one attached hydrogen (secondary N) is 1. The third-order valence-corrected chi connectivity index (χ3v) is 4.99. The summed E-state index contributed by atoms with van der Waals surface area (Å²) >= 11 is 0. The van der Waals surface area contributed by atoms with Gasteiger partial charge in [0.15, 0.2) is 0 Å². The number of fused-ring (bicyclic) bond motifs is 2. The Labute approximate surface area is 115 Å². The highest BCUT2D eigenvalue weighted by atomic mass is 16.5. The first-order chi connectivity index (χ1) is 9.31. The molecular formula is C15H27NO3. The van der Waals surface area contributed by atoms with Crippen molar-refractivity contribution in [2.75, 3.05) is 26.4 Å². The van der Waals surface area contributed by atoms with E-state index in [1.54, 1.807) is 0 Å². The van der Waals surface area contributed by atoms with E-state index >= 15 is 0 Å². The first kappa shape index (κ1) is 13.8. The van der Waals surface area contributed by atoms with E-state index in [0.717, 1.165) is 31.3 Å². The lowest BCUT2D eigenvalue weighted by atomic mass is 9.95. The summed E-state index contributed by atoms with van der Waals surface area (Å²) in [5, 5.41) is 13.5. The van der Waals surface area contributed by atoms with Gasteiger partial charge in [-0.2, -0.15) is 0 Å². The van der Waals surface area contributed by atoms with Crippen LogP contribution in [-0.4, -0.2) is 49.7 Å². The molecule has 0 aromatic heterocycles. The molecule has 2 aliphatic carbocycles. The van der Waals surface area contributed by atoms with Crippen molar-refractivity contribution in [1.29, 1.82) is 0 Å². The van der Waals surface area contributed by atoms with E-state index in [2.05, 4.69) is 5.32 Å². The number of aliphatic hydroxyl groups is 1. The largest absolute Gasteiger partial charge is 0.389 e. The maximum absolute atomic E-state index is 9.93. The van der Waals surface area contributed by atoms with Crippen LogP contribution in [0.25, 0.3) is 0 Å². The van der Waals surface area contributed by atoms with Gasteiger partial charge in [0, 0.05) is 19.2 Å². The van der Waals surface area contributed by atoms with Gasteiger partial charge in [0.1, 0.15) is 0 Å². The maximum atomic E-state index is 9.93. The van der Waals surface area contributed by atoms with E-state index < -0.39 is 0 Å². The topological polar surface area (TPSA) is 50.7 Å². The zero-order valence-electron chi connectivity index (χ0n) is 11.7. The molecule has 19 heavy (non-hydrogen) atoms. The number of rotatable bonds is 7. The first-order valence-electron chi connectivity index (χ1n) is 7.92. The van der Waals surface area contributed by atoms with E-state index in [4.69, 9.17) is 9.47 Å². The highest BCUT2D eigenvalue weighted by Gasteiger charge is 2.39. The predicted octanol–water partition coefficient (Wildman–Crippen LogP) is 1.32. The zero-order valence-corrected chi connectivity index (χ0v) is 11.7. The van der Waals surface area contributed by atoms with Gasteiger partial charge < -0.3 is 19.9 Å². The van der Waals surface area contributed by atoms with Crippen molar-refractivity contribution in [3.63, 3.8) is 0 Å². The lowest BCUT2D eigenvalue weighted by Gasteiger charge is -2.24. The molecule has 2 N–H and O–H groups in total. The van der Waals surface area contributed by atoms with Gasteiger partial charge in [-0.1, -0.05) is 6.42 Å². The highest BCUT2D eigenvalue weighted by molar-refractivity contribution is 4.94. The standard InChI is InChI=1S/C15H27NO3/c17-13(9-18-10-14-2-1-5-19-14)8-16-15-7-11-3-4-12(15)6-11/h11-17H,1-10H2. The average molecular weight is 269 g/mol. The van der Waals surface area contributed by atoms with E-state index in [1.165, 1.54) is 25.7 Å². The number of aliphatic hydroxyl groups excluding tert-OH is 1. The Morgan fingerprint density at radius 2 is 2.21 bits per heavy atom. The fraction of sp³-hybridized carbons (Fsp3) is 1.00. The van der Waals surface area contributed by atoms with Crippen LogP contribution in [0.5, 0.6) is 0 Å². The second kappa shape index (κ2) is 6.53. The number of ether oxygens (including phenoxy) is 2. The fourth-order valence-corrected chi connectivity index (χ4v) is 3.95. The van der Waals surface area contributed by atoms with Crippen molar-refractivity contribution < 1.29 is 14.6 Å². The van der Waals surface area contributed by atoms with E-state index in [-0.39, 0.29) is 12.2 Å². The molecule has 1 heterocycles. The van der Waals surface area contributed by atoms with Crippen molar-refractivity contribution in [1.82, 2.24) is 5.32 Å². The minimum absolute atomic E-state index is 0.255. The Morgan fingerprint density at radius 3 is 2.89 bits per heavy atom. The molecular weight excluding hydrogens is 242 g/mol. The summed E-state index contributed by atoms with van der Waals surface area (Å²) in [5.74, 6) is 1.82. The van der Waals surface area contributed by atoms with Crippen LogP contribution in [0.15, 0.2) is 0 Å². The van der Waals surface area contributed by atoms with Crippen LogP contribution in [-0.2, 0) is 9.47 Å². The van der Waals surface area contributed by atoms with E-state index in [1.807, 2.05) is 0 Å². The second-order valence-corrected chi connectivity index (χ2v) is 6.52. The molecule has 1 aliphatic heterocycles. The number of hydrogen-bond donors (Lipinski definition) is 2. The van der Waals surface area contributed by atoms with Crippen LogP contribution in [0, 0.1) is 11.8 Å². The monoisotopic (exact) mass is 269 g/mol. The molecule has 2 saturated carbocycles. The van der Waals surface area contributed by atoms with Gasteiger partial charge in [0.2, 0.25) is 0 Å². The van der Waals surface area contributed by atoms with Crippen LogP contribution < -0.4 is 5.32 Å². The first-order valence-corrected chi connectivity index (χ1v) is 7.92. The molecule has 0 aromatic carbocycles. The molecule has 5 atom stereocenters. The summed E-state index contributed by atoms with van der Waals surface area (Å²) in [4.78, 5) is 0. The summed E-state index contributed by atoms with van der Waals surface area (Å²) in [6.07, 6.45) is 7.63. The molecule has 3 aliphatic rings. The Hall–Kier alpha value is -0.160. The smallest absolute Gasteiger partial charge is 0.0897 e. The quantitative estimate of drug-likeness (QED) is 0.732. The Morgan fingerprint density at radius 1 is 1.26 bits per heavy atom. The summed E-state index contributed by atoms with van der Waals surface area (Å²) in [5.41, 5.74) is 0. The summed E-state index contributed by atoms with van der Waals surface area (Å²) < 4.78 is 11.0. The Balaban J connectivity index is 1.25. The molecule has 1 saturated heterocycles. The van der Waals surface area contributed by atoms with Crippen LogP contribution in [0.2, 0.25) is 0 Å². The lowest BCUT2D eigenvalue weighted by molar-refractivity contribution is -0.0172. The van der Waals surface area contributed by atoms with Crippen molar-refractivity contribution in [2.24, 2.45) is 11.8 Å². The molecule has 3 rings (SSSR count). The molecule has 0 aromatic rings. The predicted molar refractivity (Wildman–Crippen MR) is 73.0 cm³/mol. The van der Waals surface area contributed by atoms with Crippen molar-refractivity contribution >= 4 is 0 Å². The van der Waals surface area contributed by atoms with Gasteiger partial charge in [0.05, 0.1) is 25.4 Å². The van der Waals surface area contributed by atoms with Crippen molar-refractivity contribution in [3.05, 3.63) is 0 Å². The zero-order chi connectivity index (χ0) is 13.1. The lowest BCUT2D eigenvalue weighted by Crippen LogP contribution is -2.40. The van der Waals surface area contributed by atoms with E-state index in [9.17, 15) is 5.11 Å². The summed E-state index contributed by atoms with van der Waals surface area (Å²) in [7, 11) is 0. The molecule has 4 nitrogen and oxygen atoms in total. The summed E-state index contributed by atoms with van der Waals surface area (Å²) in [6.45, 7) is 2.58. The molecule has 4 heteroatoms. The fourth-order valence-electron chi connectivity index (χ4n) is 3.95. The Bertz CT molecular complexity index is 281. The normalized spacial score (nSPS) is 39.0. The second-order valence-electron chi connectivity index (χ2n) is 6.52. The van der Waals surface area contributed by atoms with Crippen LogP contribution in [0.1, 0.15) is 38.5 Å². The Kier molecular flexibility index (Phi) is 4.74. The molecule has 0 radical (unpaired) electrons. The van der Waals surface area contributed by atoms with E-state index in [0.29, 0.717) is 25.8 Å². The highest BCUT2D eigenvalue weighted by Crippen LogP contribution is 2.44. The van der Waals surface area contributed by atoms with Crippen LogP contribution in [0.3, 0.4) is 0 Å². The molecule has 5 unspecified atom stereocenters. The third kappa shape index (κ3) is 3.69. The molecule has 2 bridgehead atoms. The van der Waals surface area contributed by atoms with Crippen LogP contribution >= 0.6 is 0 Å². The maximum Gasteiger partial charge on any atom is 0.0897 e. The van der Waals surface area contributed by atoms with Gasteiger partial charge >= 0.3 is 0 Å². The van der Waals surface area contributed by atoms with Crippen molar-refractivity contribution in [3.8, 4) is 0 Å². The molecule has 0 amide bonds. The molecule has 3 fully saturated rings. The molecule has 110 valence electrons. The van der Waals surface area contributed by atoms with Gasteiger partial charge in [-0.15, -0.1) is 0 Å². The van der Waals surface area contributed by atoms with Gasteiger partial charge in [0.25, 0.3) is 0 Å². The van der Waals surface area contributed by atoms with Gasteiger partial charge in [-0.25, -0.2) is 0 Å². The minimum atomic E-state index is -0.388. The van der Waals surface area contributed by atoms with Gasteiger partial charge in [-0.3, -0.25) is 0 Å². The number of hydrogen-bond acceptors (Lipinski definition) is 4. The molecule has 0 spiro atoms. The van der Waals surface area contributed by atoms with Crippen LogP contribution in [0.4, 0.5) is 0 Å². The van der Waals surface area contributed by atoms with Gasteiger partial charge in [-0.05, 0) is 43.9 Å². The van der Waals surface area contributed by atoms with Crippen molar-refractivity contribution in [2.45, 2.75) is 56.8 Å². The third-order valence-electron chi connectivity index (χ3n) is 4.99. The average Bonchev–Trinajstić information content (AvgIpc) is 3.13. The minimum Gasteiger partial charge on any atom is -0.389 e. The summed E-state index contributed by atoms with van der Waals surface area (Å²) in [6, 6.07) is 0.645.